The lowest BCUT2D eigenvalue weighted by molar-refractivity contribution is -0.189. The van der Waals surface area contributed by atoms with E-state index in [0.717, 1.165) is 11.1 Å². The molecule has 190 valence electrons. The number of piperazine rings is 1. The van der Waals surface area contributed by atoms with E-state index in [1.807, 2.05) is 42.5 Å². The molecular formula is C25H29N5O6. The first-order valence-electron chi connectivity index (χ1n) is 11.5. The molecule has 0 spiro atoms. The summed E-state index contributed by atoms with van der Waals surface area (Å²) in [5.74, 6) is -1.41. The van der Waals surface area contributed by atoms with Gasteiger partial charge in [0.25, 0.3) is 0 Å². The first-order valence-corrected chi connectivity index (χ1v) is 11.5. The summed E-state index contributed by atoms with van der Waals surface area (Å²) in [6.45, 7) is 0.353. The van der Waals surface area contributed by atoms with E-state index in [9.17, 15) is 24.3 Å². The standard InChI is InChI=1S/C25H29N5O6/c1-27-16-22(31)29-20(12-23(32)33)24(34)28(14-18-8-10-19(36-2)11-9-18)15-21(29)30(27)25(35)26-13-17-6-4-3-5-7-17/h3-11,20-21H,12-16H2,1-2H3,(H,26,35)(H,32,33)/t20-,21-/m0/s1. The van der Waals surface area contributed by atoms with E-state index in [-0.39, 0.29) is 26.2 Å². The van der Waals surface area contributed by atoms with Gasteiger partial charge < -0.3 is 25.0 Å². The molecular weight excluding hydrogens is 466 g/mol. The Morgan fingerprint density at radius 3 is 2.39 bits per heavy atom. The van der Waals surface area contributed by atoms with Crippen LogP contribution in [0.5, 0.6) is 5.75 Å². The highest BCUT2D eigenvalue weighted by molar-refractivity contribution is 5.93. The van der Waals surface area contributed by atoms with Crippen LogP contribution in [0.4, 0.5) is 4.79 Å². The highest BCUT2D eigenvalue weighted by Gasteiger charge is 2.51. The van der Waals surface area contributed by atoms with Gasteiger partial charge in [0.1, 0.15) is 18.0 Å². The van der Waals surface area contributed by atoms with Crippen molar-refractivity contribution < 1.29 is 29.0 Å². The fraction of sp³-hybridized carbons (Fsp3) is 0.360. The number of nitrogens with zero attached hydrogens (tertiary/aromatic N) is 4. The van der Waals surface area contributed by atoms with Gasteiger partial charge in [-0.15, -0.1) is 0 Å². The Labute approximate surface area is 208 Å². The van der Waals surface area contributed by atoms with Crippen molar-refractivity contribution in [1.82, 2.24) is 25.1 Å². The first-order chi connectivity index (χ1) is 17.3. The number of carbonyl (C=O) groups excluding carboxylic acids is 3. The number of urea groups is 1. The smallest absolute Gasteiger partial charge is 0.334 e. The summed E-state index contributed by atoms with van der Waals surface area (Å²) in [5.41, 5.74) is 1.71. The fourth-order valence-electron chi connectivity index (χ4n) is 4.62. The van der Waals surface area contributed by atoms with Crippen molar-refractivity contribution in [2.24, 2.45) is 0 Å². The van der Waals surface area contributed by atoms with Crippen LogP contribution in [-0.4, -0.2) is 88.2 Å². The zero-order chi connectivity index (χ0) is 25.8. The molecule has 2 heterocycles. The number of benzene rings is 2. The fourth-order valence-corrected chi connectivity index (χ4v) is 4.62. The molecule has 36 heavy (non-hydrogen) atoms. The van der Waals surface area contributed by atoms with Gasteiger partial charge in [-0.3, -0.25) is 14.4 Å². The van der Waals surface area contributed by atoms with E-state index < -0.39 is 42.4 Å². The molecule has 0 bridgehead atoms. The lowest BCUT2D eigenvalue weighted by atomic mass is 10.0. The van der Waals surface area contributed by atoms with Crippen molar-refractivity contribution in [3.8, 4) is 5.75 Å². The molecule has 4 rings (SSSR count). The molecule has 0 aromatic heterocycles. The van der Waals surface area contributed by atoms with Crippen molar-refractivity contribution in [1.29, 1.82) is 0 Å². The number of likely N-dealkylation sites (N-methyl/N-ethyl adjacent to an activating group) is 1. The highest BCUT2D eigenvalue weighted by atomic mass is 16.5. The summed E-state index contributed by atoms with van der Waals surface area (Å²) in [7, 11) is 3.18. The molecule has 2 aliphatic rings. The number of nitrogens with one attached hydrogen (secondary N) is 1. The van der Waals surface area contributed by atoms with Crippen molar-refractivity contribution in [3.63, 3.8) is 0 Å². The number of amides is 4. The SMILES string of the molecule is COc1ccc(CN2C[C@H]3N(C(=O)CN(C)N3C(=O)NCc3ccccc3)[C@@H](CC(=O)O)C2=O)cc1. The van der Waals surface area contributed by atoms with Crippen LogP contribution in [0.2, 0.25) is 0 Å². The maximum atomic E-state index is 13.4. The summed E-state index contributed by atoms with van der Waals surface area (Å²) in [5, 5.41) is 15.3. The summed E-state index contributed by atoms with van der Waals surface area (Å²) >= 11 is 0. The topological polar surface area (TPSA) is 123 Å². The van der Waals surface area contributed by atoms with Crippen LogP contribution in [0.3, 0.4) is 0 Å². The van der Waals surface area contributed by atoms with Crippen LogP contribution in [0.15, 0.2) is 54.6 Å². The van der Waals surface area contributed by atoms with E-state index in [4.69, 9.17) is 4.74 Å². The molecule has 2 atom stereocenters. The third kappa shape index (κ3) is 5.25. The number of hydrazine groups is 1. The molecule has 0 aliphatic carbocycles. The zero-order valence-electron chi connectivity index (χ0n) is 20.2. The maximum Gasteiger partial charge on any atom is 0.334 e. The van der Waals surface area contributed by atoms with Gasteiger partial charge in [0.15, 0.2) is 0 Å². The molecule has 2 N–H and O–H groups in total. The average molecular weight is 496 g/mol. The van der Waals surface area contributed by atoms with Crippen molar-refractivity contribution in [2.45, 2.75) is 31.7 Å². The largest absolute Gasteiger partial charge is 0.497 e. The van der Waals surface area contributed by atoms with E-state index in [1.165, 1.54) is 19.8 Å². The molecule has 0 saturated carbocycles. The molecule has 2 aliphatic heterocycles. The van der Waals surface area contributed by atoms with Crippen molar-refractivity contribution in [2.75, 3.05) is 27.2 Å². The average Bonchev–Trinajstić information content (AvgIpc) is 2.86. The molecule has 11 nitrogen and oxygen atoms in total. The Kier molecular flexibility index (Phi) is 7.39. The second-order valence-corrected chi connectivity index (χ2v) is 8.77. The third-order valence-electron chi connectivity index (χ3n) is 6.33. The first kappa shape index (κ1) is 25.0. The van der Waals surface area contributed by atoms with E-state index in [1.54, 1.807) is 26.3 Å². The second kappa shape index (κ2) is 10.6. The Morgan fingerprint density at radius 2 is 1.75 bits per heavy atom. The summed E-state index contributed by atoms with van der Waals surface area (Å²) in [6.07, 6.45) is -1.41. The summed E-state index contributed by atoms with van der Waals surface area (Å²) in [4.78, 5) is 54.1. The van der Waals surface area contributed by atoms with Crippen molar-refractivity contribution in [3.05, 3.63) is 65.7 Å². The van der Waals surface area contributed by atoms with Crippen molar-refractivity contribution >= 4 is 23.8 Å². The predicted octanol–water partition coefficient (Wildman–Crippen LogP) is 1.11. The van der Waals surface area contributed by atoms with Crippen LogP contribution in [0, 0.1) is 0 Å². The number of carboxylic acids is 1. The van der Waals surface area contributed by atoms with Gasteiger partial charge in [-0.05, 0) is 23.3 Å². The van der Waals surface area contributed by atoms with E-state index in [2.05, 4.69) is 5.32 Å². The number of hydrogen-bond donors (Lipinski definition) is 2. The molecule has 2 fully saturated rings. The monoisotopic (exact) mass is 495 g/mol. The Hall–Kier alpha value is -4.12. The quantitative estimate of drug-likeness (QED) is 0.590. The highest BCUT2D eigenvalue weighted by Crippen LogP contribution is 2.28. The number of methoxy groups -OCH3 is 1. The number of fused-ring (bicyclic) bond motifs is 1. The van der Waals surface area contributed by atoms with Crippen LogP contribution in [-0.2, 0) is 27.5 Å². The molecule has 2 aromatic rings. The van der Waals surface area contributed by atoms with Gasteiger partial charge in [-0.25, -0.2) is 14.8 Å². The predicted molar refractivity (Wildman–Crippen MR) is 128 cm³/mol. The van der Waals surface area contributed by atoms with Crippen LogP contribution >= 0.6 is 0 Å². The number of rotatable bonds is 7. The van der Waals surface area contributed by atoms with Gasteiger partial charge in [-0.2, -0.15) is 0 Å². The number of carbonyl (C=O) groups is 4. The van der Waals surface area contributed by atoms with Gasteiger partial charge in [0.2, 0.25) is 11.8 Å². The number of aliphatic carboxylic acids is 1. The molecule has 2 aromatic carbocycles. The van der Waals surface area contributed by atoms with Gasteiger partial charge in [-0.1, -0.05) is 42.5 Å². The minimum atomic E-state index is -1.22. The van der Waals surface area contributed by atoms with Crippen LogP contribution in [0.25, 0.3) is 0 Å². The van der Waals surface area contributed by atoms with E-state index in [0.29, 0.717) is 5.75 Å². The lowest BCUT2D eigenvalue weighted by Crippen LogP contribution is -2.76. The maximum absolute atomic E-state index is 13.4. The van der Waals surface area contributed by atoms with Crippen LogP contribution in [0.1, 0.15) is 17.5 Å². The zero-order valence-corrected chi connectivity index (χ0v) is 20.2. The van der Waals surface area contributed by atoms with Gasteiger partial charge in [0, 0.05) is 20.1 Å². The minimum Gasteiger partial charge on any atom is -0.497 e. The Balaban J connectivity index is 1.60. The Morgan fingerprint density at radius 1 is 1.06 bits per heavy atom. The molecule has 4 amide bonds. The third-order valence-corrected chi connectivity index (χ3v) is 6.33. The molecule has 11 heteroatoms. The van der Waals surface area contributed by atoms with E-state index >= 15 is 0 Å². The van der Waals surface area contributed by atoms with Crippen LogP contribution < -0.4 is 10.1 Å². The normalized spacial score (nSPS) is 20.2. The number of hydrogen-bond acceptors (Lipinski definition) is 6. The molecule has 2 saturated heterocycles. The Bertz CT molecular complexity index is 1130. The number of ether oxygens (including phenoxy) is 1. The minimum absolute atomic E-state index is 0.0375. The number of carboxylic acid groups (broad SMARTS) is 1. The lowest BCUT2D eigenvalue weighted by Gasteiger charge is -2.54. The summed E-state index contributed by atoms with van der Waals surface area (Å²) in [6, 6.07) is 14.9. The second-order valence-electron chi connectivity index (χ2n) is 8.77. The molecule has 0 radical (unpaired) electrons. The summed E-state index contributed by atoms with van der Waals surface area (Å²) < 4.78 is 5.18. The molecule has 0 unspecified atom stereocenters. The van der Waals surface area contributed by atoms with Gasteiger partial charge >= 0.3 is 12.0 Å². The van der Waals surface area contributed by atoms with Gasteiger partial charge in [0.05, 0.1) is 26.6 Å².